The van der Waals surface area contributed by atoms with Crippen molar-refractivity contribution < 1.29 is 13.9 Å². The van der Waals surface area contributed by atoms with Crippen LogP contribution in [0.5, 0.6) is 11.5 Å². The highest BCUT2D eigenvalue weighted by atomic mass is 19.1. The van der Waals surface area contributed by atoms with Gasteiger partial charge in [-0.05, 0) is 37.4 Å². The lowest BCUT2D eigenvalue weighted by atomic mass is 10.0. The summed E-state index contributed by atoms with van der Waals surface area (Å²) in [6.45, 7) is 1.20. The zero-order chi connectivity index (χ0) is 11.0. The van der Waals surface area contributed by atoms with Crippen LogP contribution in [0, 0.1) is 5.82 Å². The summed E-state index contributed by atoms with van der Waals surface area (Å²) in [6, 6.07) is 3.74. The van der Waals surface area contributed by atoms with Gasteiger partial charge in [0.25, 0.3) is 0 Å². The molecule has 1 N–H and O–H groups in total. The van der Waals surface area contributed by atoms with Crippen molar-refractivity contribution in [2.24, 2.45) is 0 Å². The van der Waals surface area contributed by atoms with Crippen molar-refractivity contribution in [3.05, 3.63) is 23.5 Å². The van der Waals surface area contributed by atoms with Gasteiger partial charge in [0, 0.05) is 6.04 Å². The van der Waals surface area contributed by atoms with Crippen LogP contribution in [0.2, 0.25) is 0 Å². The monoisotopic (exact) mass is 223 g/mol. The third-order valence-corrected chi connectivity index (χ3v) is 3.18. The second-order valence-electron chi connectivity index (χ2n) is 4.27. The first kappa shape index (κ1) is 9.90. The maximum Gasteiger partial charge on any atom is 0.231 e. The Hall–Kier alpha value is -1.29. The molecule has 2 heterocycles. The standard InChI is InChI=1S/C12H14FNO2/c13-10-4-3-8(6-9-2-1-5-14-9)11-12(10)16-7-15-11/h3-4,9,14H,1-2,5-7H2. The van der Waals surface area contributed by atoms with E-state index in [4.69, 9.17) is 9.47 Å². The number of fused-ring (bicyclic) bond motifs is 1. The molecule has 0 radical (unpaired) electrons. The lowest BCUT2D eigenvalue weighted by Gasteiger charge is -2.12. The summed E-state index contributed by atoms with van der Waals surface area (Å²) in [5, 5.41) is 3.42. The van der Waals surface area contributed by atoms with Gasteiger partial charge in [0.05, 0.1) is 0 Å². The third-order valence-electron chi connectivity index (χ3n) is 3.18. The summed E-state index contributed by atoms with van der Waals surface area (Å²) in [5.41, 5.74) is 1.04. The van der Waals surface area contributed by atoms with Crippen molar-refractivity contribution in [2.75, 3.05) is 13.3 Å². The molecule has 4 heteroatoms. The Kier molecular flexibility index (Phi) is 2.44. The van der Waals surface area contributed by atoms with Gasteiger partial charge in [-0.25, -0.2) is 4.39 Å². The predicted molar refractivity (Wildman–Crippen MR) is 57.3 cm³/mol. The molecule has 0 bridgehead atoms. The average molecular weight is 223 g/mol. The van der Waals surface area contributed by atoms with E-state index in [0.29, 0.717) is 11.8 Å². The van der Waals surface area contributed by atoms with Gasteiger partial charge < -0.3 is 14.8 Å². The molecule has 1 unspecified atom stereocenters. The van der Waals surface area contributed by atoms with E-state index in [1.807, 2.05) is 0 Å². The molecule has 0 saturated carbocycles. The molecule has 0 amide bonds. The molecular formula is C12H14FNO2. The highest BCUT2D eigenvalue weighted by molar-refractivity contribution is 5.49. The molecule has 1 fully saturated rings. The summed E-state index contributed by atoms with van der Waals surface area (Å²) in [7, 11) is 0. The van der Waals surface area contributed by atoms with Crippen molar-refractivity contribution in [1.29, 1.82) is 0 Å². The van der Waals surface area contributed by atoms with E-state index in [9.17, 15) is 4.39 Å². The molecule has 0 spiro atoms. The van der Waals surface area contributed by atoms with Crippen LogP contribution >= 0.6 is 0 Å². The van der Waals surface area contributed by atoms with Crippen LogP contribution in [0.3, 0.4) is 0 Å². The van der Waals surface area contributed by atoms with Gasteiger partial charge >= 0.3 is 0 Å². The van der Waals surface area contributed by atoms with E-state index in [1.165, 1.54) is 18.9 Å². The zero-order valence-corrected chi connectivity index (χ0v) is 8.96. The quantitative estimate of drug-likeness (QED) is 0.830. The third kappa shape index (κ3) is 1.63. The minimum atomic E-state index is -0.337. The lowest BCUT2D eigenvalue weighted by molar-refractivity contribution is 0.170. The Labute approximate surface area is 93.6 Å². The van der Waals surface area contributed by atoms with Crippen LogP contribution < -0.4 is 14.8 Å². The number of ether oxygens (including phenoxy) is 2. The minimum Gasteiger partial charge on any atom is -0.453 e. The SMILES string of the molecule is Fc1ccc(CC2CCCN2)c2c1OCO2. The first-order valence-electron chi connectivity index (χ1n) is 5.65. The topological polar surface area (TPSA) is 30.5 Å². The van der Waals surface area contributed by atoms with E-state index in [0.717, 1.165) is 18.5 Å². The van der Waals surface area contributed by atoms with Crippen molar-refractivity contribution in [3.8, 4) is 11.5 Å². The fraction of sp³-hybridized carbons (Fsp3) is 0.500. The molecule has 2 aliphatic heterocycles. The largest absolute Gasteiger partial charge is 0.453 e. The van der Waals surface area contributed by atoms with E-state index in [1.54, 1.807) is 6.07 Å². The van der Waals surface area contributed by atoms with Crippen molar-refractivity contribution in [2.45, 2.75) is 25.3 Å². The Morgan fingerprint density at radius 3 is 3.00 bits per heavy atom. The van der Waals surface area contributed by atoms with Gasteiger partial charge in [-0.15, -0.1) is 0 Å². The highest BCUT2D eigenvalue weighted by Crippen LogP contribution is 2.38. The van der Waals surface area contributed by atoms with Gasteiger partial charge in [-0.1, -0.05) is 6.07 Å². The second-order valence-corrected chi connectivity index (χ2v) is 4.27. The smallest absolute Gasteiger partial charge is 0.231 e. The summed E-state index contributed by atoms with van der Waals surface area (Å²) in [6.07, 6.45) is 3.27. The van der Waals surface area contributed by atoms with Crippen molar-refractivity contribution in [1.82, 2.24) is 5.32 Å². The Morgan fingerprint density at radius 2 is 2.19 bits per heavy atom. The number of nitrogens with one attached hydrogen (secondary N) is 1. The number of halogens is 1. The average Bonchev–Trinajstić information content (AvgIpc) is 2.92. The first-order chi connectivity index (χ1) is 7.84. The summed E-state index contributed by atoms with van der Waals surface area (Å²) in [5.74, 6) is 0.528. The highest BCUT2D eigenvalue weighted by Gasteiger charge is 2.24. The molecular weight excluding hydrogens is 209 g/mol. The Bertz CT molecular complexity index is 402. The summed E-state index contributed by atoms with van der Waals surface area (Å²) < 4.78 is 23.8. The molecule has 2 aliphatic rings. The minimum absolute atomic E-state index is 0.126. The lowest BCUT2D eigenvalue weighted by Crippen LogP contribution is -2.23. The molecule has 1 aromatic carbocycles. The van der Waals surface area contributed by atoms with E-state index in [-0.39, 0.29) is 18.4 Å². The van der Waals surface area contributed by atoms with Crippen LogP contribution in [0.1, 0.15) is 18.4 Å². The molecule has 1 atom stereocenters. The van der Waals surface area contributed by atoms with Crippen LogP contribution in [0.15, 0.2) is 12.1 Å². The van der Waals surface area contributed by atoms with Crippen LogP contribution in [-0.2, 0) is 6.42 Å². The Balaban J connectivity index is 1.87. The van der Waals surface area contributed by atoms with Gasteiger partial charge in [0.2, 0.25) is 12.5 Å². The molecule has 16 heavy (non-hydrogen) atoms. The Morgan fingerprint density at radius 1 is 1.31 bits per heavy atom. The number of benzene rings is 1. The maximum atomic E-state index is 13.4. The van der Waals surface area contributed by atoms with E-state index < -0.39 is 0 Å². The summed E-state index contributed by atoms with van der Waals surface area (Å²) >= 11 is 0. The van der Waals surface area contributed by atoms with Crippen LogP contribution in [-0.4, -0.2) is 19.4 Å². The molecule has 1 saturated heterocycles. The van der Waals surface area contributed by atoms with Crippen LogP contribution in [0.25, 0.3) is 0 Å². The summed E-state index contributed by atoms with van der Waals surface area (Å²) in [4.78, 5) is 0. The van der Waals surface area contributed by atoms with Crippen LogP contribution in [0.4, 0.5) is 4.39 Å². The molecule has 0 aliphatic carbocycles. The molecule has 0 aromatic heterocycles. The van der Waals surface area contributed by atoms with E-state index >= 15 is 0 Å². The maximum absolute atomic E-state index is 13.4. The molecule has 86 valence electrons. The van der Waals surface area contributed by atoms with Gasteiger partial charge in [-0.2, -0.15) is 0 Å². The first-order valence-corrected chi connectivity index (χ1v) is 5.65. The number of hydrogen-bond acceptors (Lipinski definition) is 3. The van der Waals surface area contributed by atoms with Gasteiger partial charge in [-0.3, -0.25) is 0 Å². The van der Waals surface area contributed by atoms with Gasteiger partial charge in [0.1, 0.15) is 0 Å². The normalized spacial score (nSPS) is 22.7. The molecule has 1 aromatic rings. The molecule has 3 rings (SSSR count). The fourth-order valence-corrected chi connectivity index (χ4v) is 2.38. The van der Waals surface area contributed by atoms with E-state index in [2.05, 4.69) is 5.32 Å². The molecule has 3 nitrogen and oxygen atoms in total. The second kappa shape index (κ2) is 3.94. The van der Waals surface area contributed by atoms with Crippen molar-refractivity contribution in [3.63, 3.8) is 0 Å². The zero-order valence-electron chi connectivity index (χ0n) is 8.96. The van der Waals surface area contributed by atoms with Crippen molar-refractivity contribution >= 4 is 0 Å². The number of rotatable bonds is 2. The van der Waals surface area contributed by atoms with Gasteiger partial charge in [0.15, 0.2) is 11.6 Å². The fourth-order valence-electron chi connectivity index (χ4n) is 2.38. The predicted octanol–water partition coefficient (Wildman–Crippen LogP) is 1.85. The number of hydrogen-bond donors (Lipinski definition) is 1.